The SMILES string of the molecule is CCCc1nccn1C1CCS(=O)(=O)C1. The third-order valence-corrected chi connectivity index (χ3v) is 4.57. The van der Waals surface area contributed by atoms with Crippen LogP contribution in [0.15, 0.2) is 12.4 Å². The van der Waals surface area contributed by atoms with E-state index in [-0.39, 0.29) is 11.8 Å². The molecule has 0 amide bonds. The molecular weight excluding hydrogens is 212 g/mol. The van der Waals surface area contributed by atoms with E-state index in [0.717, 1.165) is 25.1 Å². The van der Waals surface area contributed by atoms with Crippen molar-refractivity contribution in [1.82, 2.24) is 9.55 Å². The van der Waals surface area contributed by atoms with Gasteiger partial charge < -0.3 is 4.57 Å². The molecule has 1 aliphatic rings. The Morgan fingerprint density at radius 1 is 1.60 bits per heavy atom. The summed E-state index contributed by atoms with van der Waals surface area (Å²) in [6.45, 7) is 2.10. The fourth-order valence-corrected chi connectivity index (χ4v) is 3.80. The van der Waals surface area contributed by atoms with Crippen LogP contribution in [0.4, 0.5) is 0 Å². The molecular formula is C10H16N2O2S. The molecule has 0 radical (unpaired) electrons. The van der Waals surface area contributed by atoms with Gasteiger partial charge in [-0.15, -0.1) is 0 Å². The van der Waals surface area contributed by atoms with Crippen LogP contribution in [0.25, 0.3) is 0 Å². The Labute approximate surface area is 90.2 Å². The third kappa shape index (κ3) is 2.22. The third-order valence-electron chi connectivity index (χ3n) is 2.82. The first kappa shape index (κ1) is 10.7. The van der Waals surface area contributed by atoms with Crippen LogP contribution in [0.2, 0.25) is 0 Å². The highest BCUT2D eigenvalue weighted by molar-refractivity contribution is 7.91. The Balaban J connectivity index is 2.20. The van der Waals surface area contributed by atoms with Crippen molar-refractivity contribution in [2.45, 2.75) is 32.2 Å². The van der Waals surface area contributed by atoms with Crippen molar-refractivity contribution < 1.29 is 8.42 Å². The van der Waals surface area contributed by atoms with Crippen LogP contribution in [-0.4, -0.2) is 29.5 Å². The van der Waals surface area contributed by atoms with Gasteiger partial charge in [0.05, 0.1) is 11.5 Å². The highest BCUT2D eigenvalue weighted by atomic mass is 32.2. The van der Waals surface area contributed by atoms with E-state index in [4.69, 9.17) is 0 Å². The van der Waals surface area contributed by atoms with Gasteiger partial charge in [-0.1, -0.05) is 6.92 Å². The lowest BCUT2D eigenvalue weighted by Crippen LogP contribution is -2.13. The molecule has 0 aliphatic carbocycles. The lowest BCUT2D eigenvalue weighted by molar-refractivity contribution is 0.529. The van der Waals surface area contributed by atoms with E-state index < -0.39 is 9.84 Å². The van der Waals surface area contributed by atoms with E-state index in [0.29, 0.717) is 5.75 Å². The molecule has 4 nitrogen and oxygen atoms in total. The topological polar surface area (TPSA) is 52.0 Å². The van der Waals surface area contributed by atoms with Crippen LogP contribution < -0.4 is 0 Å². The van der Waals surface area contributed by atoms with Gasteiger partial charge in [0.25, 0.3) is 0 Å². The molecule has 1 saturated heterocycles. The van der Waals surface area contributed by atoms with Crippen molar-refractivity contribution in [3.8, 4) is 0 Å². The van der Waals surface area contributed by atoms with Crippen molar-refractivity contribution in [1.29, 1.82) is 0 Å². The number of sulfone groups is 1. The molecule has 0 bridgehead atoms. The predicted octanol–water partition coefficient (Wildman–Crippen LogP) is 1.20. The van der Waals surface area contributed by atoms with Gasteiger partial charge in [0.2, 0.25) is 0 Å². The van der Waals surface area contributed by atoms with Crippen molar-refractivity contribution in [2.75, 3.05) is 11.5 Å². The summed E-state index contributed by atoms with van der Waals surface area (Å²) >= 11 is 0. The first-order chi connectivity index (χ1) is 7.12. The molecule has 0 saturated carbocycles. The second-order valence-electron chi connectivity index (χ2n) is 4.06. The average molecular weight is 228 g/mol. The quantitative estimate of drug-likeness (QED) is 0.781. The summed E-state index contributed by atoms with van der Waals surface area (Å²) in [6, 6.07) is 0.110. The molecule has 2 rings (SSSR count). The summed E-state index contributed by atoms with van der Waals surface area (Å²) in [4.78, 5) is 4.27. The van der Waals surface area contributed by atoms with E-state index in [2.05, 4.69) is 11.9 Å². The summed E-state index contributed by atoms with van der Waals surface area (Å²) in [6.07, 6.45) is 6.35. The highest BCUT2D eigenvalue weighted by Gasteiger charge is 2.29. The molecule has 1 atom stereocenters. The molecule has 1 fully saturated rings. The second-order valence-corrected chi connectivity index (χ2v) is 6.29. The Kier molecular flexibility index (Phi) is 2.82. The largest absolute Gasteiger partial charge is 0.331 e. The van der Waals surface area contributed by atoms with Crippen LogP contribution in [0.3, 0.4) is 0 Å². The van der Waals surface area contributed by atoms with E-state index in [1.807, 2.05) is 10.8 Å². The van der Waals surface area contributed by atoms with Gasteiger partial charge in [0, 0.05) is 24.9 Å². The van der Waals surface area contributed by atoms with Gasteiger partial charge in [-0.3, -0.25) is 0 Å². The van der Waals surface area contributed by atoms with Crippen LogP contribution in [0.1, 0.15) is 31.6 Å². The second kappa shape index (κ2) is 3.96. The minimum absolute atomic E-state index is 0.110. The Bertz CT molecular complexity index is 436. The number of rotatable bonds is 3. The molecule has 1 unspecified atom stereocenters. The fourth-order valence-electron chi connectivity index (χ4n) is 2.09. The number of nitrogens with zero attached hydrogens (tertiary/aromatic N) is 2. The fraction of sp³-hybridized carbons (Fsp3) is 0.700. The summed E-state index contributed by atoms with van der Waals surface area (Å²) in [7, 11) is -2.80. The zero-order chi connectivity index (χ0) is 10.9. The normalized spacial score (nSPS) is 24.5. The zero-order valence-corrected chi connectivity index (χ0v) is 9.70. The van der Waals surface area contributed by atoms with Gasteiger partial charge in [-0.05, 0) is 12.8 Å². The Morgan fingerprint density at radius 3 is 3.00 bits per heavy atom. The minimum atomic E-state index is -2.80. The average Bonchev–Trinajstić information content (AvgIpc) is 2.72. The number of aromatic nitrogens is 2. The Hall–Kier alpha value is -0.840. The molecule has 0 aromatic carbocycles. The molecule has 0 spiro atoms. The number of hydrogen-bond donors (Lipinski definition) is 0. The van der Waals surface area contributed by atoms with E-state index >= 15 is 0 Å². The van der Waals surface area contributed by atoms with Crippen molar-refractivity contribution in [2.24, 2.45) is 0 Å². The molecule has 84 valence electrons. The summed E-state index contributed by atoms with van der Waals surface area (Å²) in [5.74, 6) is 1.61. The number of hydrogen-bond acceptors (Lipinski definition) is 3. The first-order valence-corrected chi connectivity index (χ1v) is 7.16. The maximum Gasteiger partial charge on any atom is 0.152 e. The van der Waals surface area contributed by atoms with Crippen molar-refractivity contribution in [3.63, 3.8) is 0 Å². The molecule has 0 N–H and O–H groups in total. The highest BCUT2D eigenvalue weighted by Crippen LogP contribution is 2.24. The monoisotopic (exact) mass is 228 g/mol. The smallest absolute Gasteiger partial charge is 0.152 e. The lowest BCUT2D eigenvalue weighted by Gasteiger charge is -2.13. The maximum absolute atomic E-state index is 11.4. The Morgan fingerprint density at radius 2 is 2.40 bits per heavy atom. The van der Waals surface area contributed by atoms with Gasteiger partial charge in [-0.2, -0.15) is 0 Å². The predicted molar refractivity (Wildman–Crippen MR) is 58.5 cm³/mol. The number of imidazole rings is 1. The summed E-state index contributed by atoms with van der Waals surface area (Å²) in [5, 5.41) is 0. The minimum Gasteiger partial charge on any atom is -0.331 e. The zero-order valence-electron chi connectivity index (χ0n) is 8.89. The van der Waals surface area contributed by atoms with E-state index in [9.17, 15) is 8.42 Å². The summed E-state index contributed by atoms with van der Waals surface area (Å²) < 4.78 is 24.8. The van der Waals surface area contributed by atoms with Crippen LogP contribution in [0.5, 0.6) is 0 Å². The van der Waals surface area contributed by atoms with Crippen LogP contribution >= 0.6 is 0 Å². The maximum atomic E-state index is 11.4. The number of aryl methyl sites for hydroxylation is 1. The molecule has 1 aromatic heterocycles. The summed E-state index contributed by atoms with van der Waals surface area (Å²) in [5.41, 5.74) is 0. The van der Waals surface area contributed by atoms with Gasteiger partial charge in [0.1, 0.15) is 5.82 Å². The molecule has 1 aliphatic heterocycles. The van der Waals surface area contributed by atoms with Crippen LogP contribution in [0, 0.1) is 0 Å². The standard InChI is InChI=1S/C10H16N2O2S/c1-2-3-10-11-5-6-12(10)9-4-7-15(13,14)8-9/h5-6,9H,2-4,7-8H2,1H3. The lowest BCUT2D eigenvalue weighted by atomic mass is 10.2. The van der Waals surface area contributed by atoms with Crippen LogP contribution in [-0.2, 0) is 16.3 Å². The molecule has 5 heteroatoms. The van der Waals surface area contributed by atoms with E-state index in [1.54, 1.807) is 6.20 Å². The van der Waals surface area contributed by atoms with Crippen molar-refractivity contribution >= 4 is 9.84 Å². The van der Waals surface area contributed by atoms with Gasteiger partial charge >= 0.3 is 0 Å². The van der Waals surface area contributed by atoms with E-state index in [1.165, 1.54) is 0 Å². The molecule has 2 heterocycles. The molecule has 15 heavy (non-hydrogen) atoms. The van der Waals surface area contributed by atoms with Crippen molar-refractivity contribution in [3.05, 3.63) is 18.2 Å². The van der Waals surface area contributed by atoms with Gasteiger partial charge in [0.15, 0.2) is 9.84 Å². The first-order valence-electron chi connectivity index (χ1n) is 5.34. The van der Waals surface area contributed by atoms with Gasteiger partial charge in [-0.25, -0.2) is 13.4 Å². The molecule has 1 aromatic rings.